The highest BCUT2D eigenvalue weighted by Gasteiger charge is 2.18. The molecule has 7 heteroatoms. The zero-order chi connectivity index (χ0) is 15.4. The topological polar surface area (TPSA) is 66.9 Å². The summed E-state index contributed by atoms with van der Waals surface area (Å²) in [6, 6.07) is 3.35. The first-order valence-corrected chi connectivity index (χ1v) is 7.97. The van der Waals surface area contributed by atoms with Crippen LogP contribution in [0.1, 0.15) is 25.0 Å². The molecule has 0 amide bonds. The van der Waals surface area contributed by atoms with Crippen molar-refractivity contribution in [1.29, 1.82) is 0 Å². The lowest BCUT2D eigenvalue weighted by atomic mass is 9.92. The molecule has 1 N–H and O–H groups in total. The van der Waals surface area contributed by atoms with Crippen LogP contribution in [0.2, 0.25) is 5.15 Å². The third-order valence-electron chi connectivity index (χ3n) is 4.13. The minimum atomic E-state index is 0.349. The molecule has 2 aromatic rings. The van der Waals surface area contributed by atoms with E-state index in [0.29, 0.717) is 16.8 Å². The van der Waals surface area contributed by atoms with E-state index < -0.39 is 0 Å². The molecule has 2 aromatic heterocycles. The maximum atomic E-state index is 5.73. The Morgan fingerprint density at radius 2 is 2.14 bits per heavy atom. The Hall–Kier alpha value is -1.66. The van der Waals surface area contributed by atoms with Crippen molar-refractivity contribution in [3.05, 3.63) is 29.2 Å². The number of ether oxygens (including phenoxy) is 1. The maximum Gasteiger partial charge on any atom is 0.239 e. The Morgan fingerprint density at radius 1 is 1.32 bits per heavy atom. The zero-order valence-electron chi connectivity index (χ0n) is 12.6. The summed E-state index contributed by atoms with van der Waals surface area (Å²) in [7, 11) is 2.18. The first kappa shape index (κ1) is 15.2. The van der Waals surface area contributed by atoms with Gasteiger partial charge >= 0.3 is 0 Å². The van der Waals surface area contributed by atoms with E-state index in [4.69, 9.17) is 16.3 Å². The van der Waals surface area contributed by atoms with E-state index in [2.05, 4.69) is 32.3 Å². The number of piperidine rings is 1. The predicted octanol–water partition coefficient (Wildman–Crippen LogP) is 2.92. The predicted molar refractivity (Wildman–Crippen MR) is 84.2 cm³/mol. The molecular weight excluding hydrogens is 302 g/mol. The quantitative estimate of drug-likeness (QED) is 0.917. The van der Waals surface area contributed by atoms with Gasteiger partial charge in [-0.25, -0.2) is 0 Å². The van der Waals surface area contributed by atoms with E-state index >= 15 is 0 Å². The van der Waals surface area contributed by atoms with Crippen LogP contribution in [0.5, 0.6) is 11.6 Å². The Labute approximate surface area is 134 Å². The van der Waals surface area contributed by atoms with Gasteiger partial charge in [0.15, 0.2) is 10.9 Å². The number of aryl methyl sites for hydroxylation is 1. The number of likely N-dealkylation sites (tertiary alicyclic amines) is 1. The summed E-state index contributed by atoms with van der Waals surface area (Å²) in [5.74, 6) is 1.91. The van der Waals surface area contributed by atoms with E-state index in [1.54, 1.807) is 18.3 Å². The zero-order valence-corrected chi connectivity index (χ0v) is 13.4. The molecule has 0 aromatic carbocycles. The molecular formula is C15H20ClN5O. The van der Waals surface area contributed by atoms with Crippen molar-refractivity contribution >= 4 is 11.6 Å². The van der Waals surface area contributed by atoms with Crippen LogP contribution in [0.3, 0.4) is 0 Å². The number of H-pyrrole nitrogens is 1. The summed E-state index contributed by atoms with van der Waals surface area (Å²) < 4.78 is 5.73. The molecule has 0 atom stereocenters. The monoisotopic (exact) mass is 321 g/mol. The molecule has 0 bridgehead atoms. The van der Waals surface area contributed by atoms with E-state index in [1.165, 1.54) is 25.9 Å². The van der Waals surface area contributed by atoms with Crippen LogP contribution in [-0.4, -0.2) is 45.4 Å². The van der Waals surface area contributed by atoms with Gasteiger partial charge < -0.3 is 9.64 Å². The number of hydrogen-bond donors (Lipinski definition) is 1. The van der Waals surface area contributed by atoms with Crippen molar-refractivity contribution in [3.8, 4) is 11.6 Å². The Balaban J connectivity index is 1.56. The number of aromatic amines is 1. The molecule has 3 rings (SSSR count). The highest BCUT2D eigenvalue weighted by Crippen LogP contribution is 2.26. The van der Waals surface area contributed by atoms with E-state index in [0.717, 1.165) is 24.5 Å². The number of nitrogens with one attached hydrogen (secondary N) is 1. The van der Waals surface area contributed by atoms with Crippen LogP contribution in [0.15, 0.2) is 18.3 Å². The van der Waals surface area contributed by atoms with Crippen molar-refractivity contribution in [1.82, 2.24) is 25.3 Å². The highest BCUT2D eigenvalue weighted by atomic mass is 35.5. The normalized spacial score (nSPS) is 16.8. The lowest BCUT2D eigenvalue weighted by Crippen LogP contribution is -2.30. The minimum Gasteiger partial charge on any atom is -0.434 e. The van der Waals surface area contributed by atoms with Crippen LogP contribution in [0.25, 0.3) is 0 Å². The summed E-state index contributed by atoms with van der Waals surface area (Å²) >= 11 is 5.72. The molecule has 0 radical (unpaired) electrons. The smallest absolute Gasteiger partial charge is 0.239 e. The Morgan fingerprint density at radius 3 is 2.86 bits per heavy atom. The molecule has 22 heavy (non-hydrogen) atoms. The minimum absolute atomic E-state index is 0.349. The molecule has 1 aliphatic heterocycles. The Kier molecular flexibility index (Phi) is 4.90. The summed E-state index contributed by atoms with van der Waals surface area (Å²) in [5.41, 5.74) is 0.940. The van der Waals surface area contributed by atoms with Crippen molar-refractivity contribution in [3.63, 3.8) is 0 Å². The molecule has 1 aliphatic rings. The second-order valence-corrected chi connectivity index (χ2v) is 6.17. The fraction of sp³-hybridized carbons (Fsp3) is 0.533. The average Bonchev–Trinajstić information content (AvgIpc) is 2.96. The van der Waals surface area contributed by atoms with Gasteiger partial charge in [-0.05, 0) is 57.8 Å². The number of nitrogens with zero attached hydrogens (tertiary/aromatic N) is 4. The third-order valence-corrected chi connectivity index (χ3v) is 4.33. The highest BCUT2D eigenvalue weighted by molar-refractivity contribution is 6.29. The van der Waals surface area contributed by atoms with Crippen molar-refractivity contribution in [2.75, 3.05) is 20.1 Å². The van der Waals surface area contributed by atoms with E-state index in [9.17, 15) is 0 Å². The van der Waals surface area contributed by atoms with Crippen LogP contribution in [-0.2, 0) is 6.42 Å². The molecule has 0 aliphatic carbocycles. The number of hydrogen-bond acceptors (Lipinski definition) is 5. The SMILES string of the molecule is CN1CCC(CCc2n[nH]cc2Oc2ccc(Cl)nn2)CC1. The van der Waals surface area contributed by atoms with Crippen LogP contribution in [0, 0.1) is 5.92 Å². The molecule has 118 valence electrons. The van der Waals surface area contributed by atoms with Crippen LogP contribution >= 0.6 is 11.6 Å². The van der Waals surface area contributed by atoms with E-state index in [-0.39, 0.29) is 0 Å². The number of halogens is 1. The molecule has 0 unspecified atom stereocenters. The van der Waals surface area contributed by atoms with Crippen molar-refractivity contribution in [2.24, 2.45) is 5.92 Å². The van der Waals surface area contributed by atoms with Gasteiger partial charge in [-0.3, -0.25) is 5.10 Å². The van der Waals surface area contributed by atoms with E-state index in [1.807, 2.05) is 0 Å². The van der Waals surface area contributed by atoms with Gasteiger partial charge in [-0.1, -0.05) is 11.6 Å². The largest absolute Gasteiger partial charge is 0.434 e. The van der Waals surface area contributed by atoms with Crippen LogP contribution < -0.4 is 4.74 Å². The van der Waals surface area contributed by atoms with Gasteiger partial charge in [0.05, 0.1) is 6.20 Å². The fourth-order valence-corrected chi connectivity index (χ4v) is 2.84. The summed E-state index contributed by atoms with van der Waals surface area (Å²) in [6.07, 6.45) is 6.33. The molecule has 0 saturated carbocycles. The third kappa shape index (κ3) is 3.96. The number of aromatic nitrogens is 4. The van der Waals surface area contributed by atoms with Gasteiger partial charge in [0.25, 0.3) is 0 Å². The van der Waals surface area contributed by atoms with Crippen LogP contribution in [0.4, 0.5) is 0 Å². The summed E-state index contributed by atoms with van der Waals surface area (Å²) in [4.78, 5) is 2.39. The first-order valence-electron chi connectivity index (χ1n) is 7.59. The van der Waals surface area contributed by atoms with Gasteiger partial charge in [-0.2, -0.15) is 5.10 Å². The van der Waals surface area contributed by atoms with Crippen molar-refractivity contribution < 1.29 is 4.74 Å². The molecule has 6 nitrogen and oxygen atoms in total. The lowest BCUT2D eigenvalue weighted by Gasteiger charge is -2.28. The first-order chi connectivity index (χ1) is 10.7. The second-order valence-electron chi connectivity index (χ2n) is 5.78. The van der Waals surface area contributed by atoms with Gasteiger partial charge in [0.2, 0.25) is 5.88 Å². The molecule has 0 spiro atoms. The molecule has 1 saturated heterocycles. The van der Waals surface area contributed by atoms with Gasteiger partial charge in [0.1, 0.15) is 5.69 Å². The van der Waals surface area contributed by atoms with Crippen molar-refractivity contribution in [2.45, 2.75) is 25.7 Å². The Bertz CT molecular complexity index is 592. The standard InChI is InChI=1S/C15H20ClN5O/c1-21-8-6-11(7-9-21)2-3-12-13(10-17-18-12)22-15-5-4-14(16)19-20-15/h4-5,10-11H,2-3,6-9H2,1H3,(H,17,18). The summed E-state index contributed by atoms with van der Waals surface area (Å²) in [5, 5.41) is 15.2. The van der Waals surface area contributed by atoms with Gasteiger partial charge in [-0.15, -0.1) is 10.2 Å². The summed E-state index contributed by atoms with van der Waals surface area (Å²) in [6.45, 7) is 2.38. The number of rotatable bonds is 5. The fourth-order valence-electron chi connectivity index (χ4n) is 2.74. The molecule has 1 fully saturated rings. The average molecular weight is 322 g/mol. The van der Waals surface area contributed by atoms with Gasteiger partial charge in [0, 0.05) is 6.07 Å². The second kappa shape index (κ2) is 7.07. The molecule has 3 heterocycles. The lowest BCUT2D eigenvalue weighted by molar-refractivity contribution is 0.212. The maximum absolute atomic E-state index is 5.73.